The van der Waals surface area contributed by atoms with E-state index in [2.05, 4.69) is 0 Å². The first-order chi connectivity index (χ1) is 9.20. The van der Waals surface area contributed by atoms with Gasteiger partial charge in [0.1, 0.15) is 0 Å². The number of carbonyl (C=O) groups is 1. The van der Waals surface area contributed by atoms with Crippen LogP contribution in [0.5, 0.6) is 0 Å². The number of hydrogen-bond donors (Lipinski definition) is 1. The fraction of sp³-hybridized carbons (Fsp3) is 0.417. The van der Waals surface area contributed by atoms with E-state index in [1.165, 1.54) is 12.1 Å². The van der Waals surface area contributed by atoms with Gasteiger partial charge in [-0.3, -0.25) is 4.79 Å². The maximum atomic E-state index is 12.4. The first kappa shape index (κ1) is 18.5. The van der Waals surface area contributed by atoms with Gasteiger partial charge < -0.3 is 10.6 Å². The Balaban J connectivity index is 0.00000220. The Bertz CT molecular complexity index is 664. The summed E-state index contributed by atoms with van der Waals surface area (Å²) in [5.74, 6) is -0.329. The fourth-order valence-corrected chi connectivity index (χ4v) is 3.75. The number of benzene rings is 1. The molecule has 9 heteroatoms. The summed E-state index contributed by atoms with van der Waals surface area (Å²) >= 11 is 11.9. The predicted octanol–water partition coefficient (Wildman–Crippen LogP) is 1.99. The summed E-state index contributed by atoms with van der Waals surface area (Å²) in [4.78, 5) is 13.8. The van der Waals surface area contributed by atoms with Crippen LogP contribution in [0.4, 0.5) is 0 Å². The molecule has 1 fully saturated rings. The third-order valence-corrected chi connectivity index (χ3v) is 5.04. The second kappa shape index (κ2) is 6.71. The molecule has 1 amide bonds. The van der Waals surface area contributed by atoms with E-state index >= 15 is 0 Å². The summed E-state index contributed by atoms with van der Waals surface area (Å²) in [6, 6.07) is 2.45. The average Bonchev–Trinajstić information content (AvgIpc) is 2.73. The molecule has 5 nitrogen and oxygen atoms in total. The van der Waals surface area contributed by atoms with Crippen molar-refractivity contribution in [1.29, 1.82) is 0 Å². The number of carbonyl (C=O) groups excluding carboxylic acids is 1. The summed E-state index contributed by atoms with van der Waals surface area (Å²) in [7, 11) is -3.53. The molecule has 1 aliphatic rings. The molecule has 0 saturated carbocycles. The van der Waals surface area contributed by atoms with Crippen LogP contribution in [0.15, 0.2) is 17.0 Å². The number of sulfone groups is 1. The lowest BCUT2D eigenvalue weighted by molar-refractivity contribution is 0.0791. The largest absolute Gasteiger partial charge is 0.337 e. The van der Waals surface area contributed by atoms with Gasteiger partial charge in [0.05, 0.1) is 20.5 Å². The van der Waals surface area contributed by atoms with Gasteiger partial charge in [0.15, 0.2) is 9.84 Å². The quantitative estimate of drug-likeness (QED) is 0.859. The third kappa shape index (κ3) is 4.02. The molecule has 2 rings (SSSR count). The molecule has 0 aliphatic carbocycles. The van der Waals surface area contributed by atoms with Gasteiger partial charge >= 0.3 is 0 Å². The zero-order valence-electron chi connectivity index (χ0n) is 11.2. The van der Waals surface area contributed by atoms with Gasteiger partial charge in [-0.2, -0.15) is 0 Å². The Morgan fingerprint density at radius 1 is 1.33 bits per heavy atom. The number of amides is 1. The maximum Gasteiger partial charge on any atom is 0.255 e. The highest BCUT2D eigenvalue weighted by Crippen LogP contribution is 2.30. The minimum absolute atomic E-state index is 0. The van der Waals surface area contributed by atoms with Crippen molar-refractivity contribution in [2.45, 2.75) is 17.4 Å². The number of rotatable bonds is 2. The van der Waals surface area contributed by atoms with Crippen molar-refractivity contribution in [3.05, 3.63) is 27.7 Å². The van der Waals surface area contributed by atoms with Crippen molar-refractivity contribution < 1.29 is 13.2 Å². The van der Waals surface area contributed by atoms with E-state index in [0.29, 0.717) is 13.1 Å². The van der Waals surface area contributed by atoms with Crippen molar-refractivity contribution >= 4 is 51.4 Å². The molecule has 1 atom stereocenters. The van der Waals surface area contributed by atoms with Crippen molar-refractivity contribution in [2.24, 2.45) is 5.73 Å². The summed E-state index contributed by atoms with van der Waals surface area (Å²) in [5.41, 5.74) is 5.89. The summed E-state index contributed by atoms with van der Waals surface area (Å²) < 4.78 is 23.3. The predicted molar refractivity (Wildman–Crippen MR) is 85.3 cm³/mol. The van der Waals surface area contributed by atoms with Crippen LogP contribution >= 0.6 is 35.6 Å². The van der Waals surface area contributed by atoms with Crippen LogP contribution in [-0.4, -0.2) is 44.6 Å². The first-order valence-electron chi connectivity index (χ1n) is 5.94. The molecule has 1 aliphatic heterocycles. The standard InChI is InChI=1S/C12H14Cl2N2O3S.ClH/c1-20(18,19)11-4-8(9(13)5-10(11)14)12(17)16-3-2-7(15)6-16;/h4-5,7H,2-3,6,15H2,1H3;1H. The monoisotopic (exact) mass is 372 g/mol. The van der Waals surface area contributed by atoms with Gasteiger partial charge in [-0.1, -0.05) is 23.2 Å². The highest BCUT2D eigenvalue weighted by Gasteiger charge is 2.27. The van der Waals surface area contributed by atoms with E-state index in [-0.39, 0.29) is 44.9 Å². The van der Waals surface area contributed by atoms with Crippen molar-refractivity contribution in [3.63, 3.8) is 0 Å². The van der Waals surface area contributed by atoms with Gasteiger partial charge in [0.25, 0.3) is 5.91 Å². The number of hydrogen-bond acceptors (Lipinski definition) is 4. The van der Waals surface area contributed by atoms with Gasteiger partial charge in [-0.15, -0.1) is 12.4 Å². The van der Waals surface area contributed by atoms with Crippen LogP contribution in [0.25, 0.3) is 0 Å². The lowest BCUT2D eigenvalue weighted by atomic mass is 10.2. The third-order valence-electron chi connectivity index (χ3n) is 3.16. The Morgan fingerprint density at radius 2 is 1.95 bits per heavy atom. The van der Waals surface area contributed by atoms with Gasteiger partial charge in [-0.25, -0.2) is 8.42 Å². The molecular formula is C12H15Cl3N2O3S. The Morgan fingerprint density at radius 3 is 2.43 bits per heavy atom. The Kier molecular flexibility index (Phi) is 5.91. The van der Waals surface area contributed by atoms with Crippen LogP contribution in [0.3, 0.4) is 0 Å². The van der Waals surface area contributed by atoms with E-state index in [4.69, 9.17) is 28.9 Å². The lowest BCUT2D eigenvalue weighted by Gasteiger charge is -2.17. The number of nitrogens with zero attached hydrogens (tertiary/aromatic N) is 1. The zero-order chi connectivity index (χ0) is 15.1. The van der Waals surface area contributed by atoms with Gasteiger partial charge in [0, 0.05) is 25.4 Å². The van der Waals surface area contributed by atoms with Crippen molar-refractivity contribution in [3.8, 4) is 0 Å². The van der Waals surface area contributed by atoms with E-state index < -0.39 is 9.84 Å². The molecule has 21 heavy (non-hydrogen) atoms. The van der Waals surface area contributed by atoms with Crippen LogP contribution in [0, 0.1) is 0 Å². The van der Waals surface area contributed by atoms with E-state index in [9.17, 15) is 13.2 Å². The number of halogens is 3. The average molecular weight is 374 g/mol. The SMILES string of the molecule is CS(=O)(=O)c1cc(C(=O)N2CCC(N)C2)c(Cl)cc1Cl.Cl. The topological polar surface area (TPSA) is 80.5 Å². The molecule has 1 aromatic carbocycles. The van der Waals surface area contributed by atoms with Gasteiger partial charge in [0.2, 0.25) is 0 Å². The Labute approximate surface area is 139 Å². The highest BCUT2D eigenvalue weighted by atomic mass is 35.5. The smallest absolute Gasteiger partial charge is 0.255 e. The molecule has 2 N–H and O–H groups in total. The van der Waals surface area contributed by atoms with Crippen LogP contribution in [0.1, 0.15) is 16.8 Å². The molecule has 0 radical (unpaired) electrons. The lowest BCUT2D eigenvalue weighted by Crippen LogP contribution is -2.32. The Hall–Kier alpha value is -0.530. The summed E-state index contributed by atoms with van der Waals surface area (Å²) in [5, 5.41) is 0.139. The number of likely N-dealkylation sites (tertiary alicyclic amines) is 1. The normalized spacial score (nSPS) is 18.5. The molecule has 1 aromatic rings. The number of nitrogens with two attached hydrogens (primary N) is 1. The molecule has 118 valence electrons. The summed E-state index contributed by atoms with van der Waals surface area (Å²) in [6.07, 6.45) is 1.75. The van der Waals surface area contributed by atoms with Crippen molar-refractivity contribution in [1.82, 2.24) is 4.90 Å². The minimum Gasteiger partial charge on any atom is -0.337 e. The van der Waals surface area contributed by atoms with E-state index in [1.807, 2.05) is 0 Å². The minimum atomic E-state index is -3.53. The highest BCUT2D eigenvalue weighted by molar-refractivity contribution is 7.90. The molecule has 1 unspecified atom stereocenters. The second-order valence-electron chi connectivity index (χ2n) is 4.83. The molecular weight excluding hydrogens is 359 g/mol. The maximum absolute atomic E-state index is 12.4. The van der Waals surface area contributed by atoms with E-state index in [0.717, 1.165) is 12.7 Å². The second-order valence-corrected chi connectivity index (χ2v) is 7.63. The first-order valence-corrected chi connectivity index (χ1v) is 8.59. The van der Waals surface area contributed by atoms with E-state index in [1.54, 1.807) is 4.90 Å². The van der Waals surface area contributed by atoms with Gasteiger partial charge in [-0.05, 0) is 18.6 Å². The molecule has 0 bridgehead atoms. The van der Waals surface area contributed by atoms with Crippen LogP contribution in [-0.2, 0) is 9.84 Å². The van der Waals surface area contributed by atoms with Crippen LogP contribution < -0.4 is 5.73 Å². The van der Waals surface area contributed by atoms with Crippen LogP contribution in [0.2, 0.25) is 10.0 Å². The zero-order valence-corrected chi connectivity index (χ0v) is 14.3. The molecule has 1 saturated heterocycles. The van der Waals surface area contributed by atoms with Crippen molar-refractivity contribution in [2.75, 3.05) is 19.3 Å². The fourth-order valence-electron chi connectivity index (χ4n) is 2.12. The molecule has 0 spiro atoms. The molecule has 1 heterocycles. The summed E-state index contributed by atoms with van der Waals surface area (Å²) in [6.45, 7) is 0.971. The molecule has 0 aromatic heterocycles.